The van der Waals surface area contributed by atoms with Crippen LogP contribution in [0.15, 0.2) is 40.5 Å². The monoisotopic (exact) mass is 265 g/mol. The topological polar surface area (TPSA) is 70.6 Å². The quantitative estimate of drug-likeness (QED) is 0.761. The molecule has 0 aliphatic carbocycles. The zero-order chi connectivity index (χ0) is 13.0. The SMILES string of the molecule is N/C(CO)=C1/CCNCC1=Nc1ccc(Cl)cc1. The summed E-state index contributed by atoms with van der Waals surface area (Å²) in [5, 5.41) is 13.1. The van der Waals surface area contributed by atoms with Gasteiger partial charge in [-0.05, 0) is 42.8 Å². The molecule has 1 fully saturated rings. The van der Waals surface area contributed by atoms with Crippen molar-refractivity contribution < 1.29 is 5.11 Å². The summed E-state index contributed by atoms with van der Waals surface area (Å²) in [5.41, 5.74) is 8.99. The summed E-state index contributed by atoms with van der Waals surface area (Å²) in [4.78, 5) is 4.56. The molecule has 18 heavy (non-hydrogen) atoms. The first-order valence-electron chi connectivity index (χ1n) is 5.83. The largest absolute Gasteiger partial charge is 0.400 e. The molecule has 1 saturated heterocycles. The minimum absolute atomic E-state index is 0.130. The van der Waals surface area contributed by atoms with Crippen molar-refractivity contribution in [3.8, 4) is 0 Å². The number of halogens is 1. The van der Waals surface area contributed by atoms with E-state index < -0.39 is 0 Å². The number of nitrogens with zero attached hydrogens (tertiary/aromatic N) is 1. The number of aliphatic imine (C=N–C) groups is 1. The number of hydrogen-bond donors (Lipinski definition) is 3. The number of nitrogens with two attached hydrogens (primary N) is 1. The molecule has 0 bridgehead atoms. The highest BCUT2D eigenvalue weighted by Gasteiger charge is 2.15. The van der Waals surface area contributed by atoms with E-state index in [0.717, 1.165) is 29.9 Å². The van der Waals surface area contributed by atoms with Crippen LogP contribution in [0.25, 0.3) is 0 Å². The molecule has 1 aromatic carbocycles. The van der Waals surface area contributed by atoms with Gasteiger partial charge in [-0.2, -0.15) is 0 Å². The van der Waals surface area contributed by atoms with Crippen LogP contribution in [0.2, 0.25) is 5.02 Å². The number of hydrogen-bond acceptors (Lipinski definition) is 4. The van der Waals surface area contributed by atoms with E-state index in [0.29, 0.717) is 17.3 Å². The van der Waals surface area contributed by atoms with E-state index in [1.807, 2.05) is 12.1 Å². The lowest BCUT2D eigenvalue weighted by Gasteiger charge is -2.20. The maximum Gasteiger partial charge on any atom is 0.0828 e. The summed E-state index contributed by atoms with van der Waals surface area (Å²) in [7, 11) is 0. The molecule has 0 saturated carbocycles. The molecule has 0 atom stereocenters. The van der Waals surface area contributed by atoms with Crippen LogP contribution in [-0.2, 0) is 0 Å². The van der Waals surface area contributed by atoms with Gasteiger partial charge in [-0.15, -0.1) is 0 Å². The molecule has 1 aromatic rings. The van der Waals surface area contributed by atoms with Crippen molar-refractivity contribution in [1.82, 2.24) is 5.32 Å². The average molecular weight is 266 g/mol. The number of aliphatic hydroxyl groups is 1. The molecule has 0 radical (unpaired) electrons. The van der Waals surface area contributed by atoms with E-state index in [9.17, 15) is 0 Å². The van der Waals surface area contributed by atoms with Crippen molar-refractivity contribution in [2.75, 3.05) is 19.7 Å². The molecule has 0 unspecified atom stereocenters. The predicted molar refractivity (Wildman–Crippen MR) is 74.3 cm³/mol. The second kappa shape index (κ2) is 6.00. The van der Waals surface area contributed by atoms with E-state index >= 15 is 0 Å². The van der Waals surface area contributed by atoms with Gasteiger partial charge in [-0.3, -0.25) is 4.99 Å². The highest BCUT2D eigenvalue weighted by molar-refractivity contribution is 6.30. The van der Waals surface area contributed by atoms with E-state index in [4.69, 9.17) is 22.4 Å². The van der Waals surface area contributed by atoms with Gasteiger partial charge in [0, 0.05) is 17.3 Å². The Bertz CT molecular complexity index is 480. The summed E-state index contributed by atoms with van der Waals surface area (Å²) < 4.78 is 0. The Balaban J connectivity index is 2.31. The average Bonchev–Trinajstić information content (AvgIpc) is 2.41. The first-order chi connectivity index (χ1) is 8.70. The van der Waals surface area contributed by atoms with Crippen molar-refractivity contribution in [2.45, 2.75) is 6.42 Å². The van der Waals surface area contributed by atoms with Gasteiger partial charge >= 0.3 is 0 Å². The third kappa shape index (κ3) is 3.10. The van der Waals surface area contributed by atoms with Gasteiger partial charge in [0.2, 0.25) is 0 Å². The smallest absolute Gasteiger partial charge is 0.0828 e. The lowest BCUT2D eigenvalue weighted by Crippen LogP contribution is -2.34. The van der Waals surface area contributed by atoms with Crippen LogP contribution in [0.3, 0.4) is 0 Å². The van der Waals surface area contributed by atoms with E-state index in [-0.39, 0.29) is 6.61 Å². The Labute approximate surface area is 111 Å². The molecular weight excluding hydrogens is 250 g/mol. The molecular formula is C13H16ClN3O. The van der Waals surface area contributed by atoms with Gasteiger partial charge in [-0.1, -0.05) is 11.6 Å². The molecule has 1 aliphatic heterocycles. The molecule has 2 rings (SSSR count). The highest BCUT2D eigenvalue weighted by atomic mass is 35.5. The highest BCUT2D eigenvalue weighted by Crippen LogP contribution is 2.20. The fraction of sp³-hybridized carbons (Fsp3) is 0.308. The van der Waals surface area contributed by atoms with E-state index in [1.54, 1.807) is 12.1 Å². The zero-order valence-corrected chi connectivity index (χ0v) is 10.7. The fourth-order valence-electron chi connectivity index (χ4n) is 1.89. The van der Waals surface area contributed by atoms with Gasteiger partial charge in [-0.25, -0.2) is 0 Å². The van der Waals surface area contributed by atoms with Crippen LogP contribution in [0.5, 0.6) is 0 Å². The lowest BCUT2D eigenvalue weighted by atomic mass is 10.0. The minimum atomic E-state index is -0.130. The number of rotatable bonds is 2. The van der Waals surface area contributed by atoms with Gasteiger partial charge in [0.05, 0.1) is 18.0 Å². The Morgan fingerprint density at radius 2 is 2.11 bits per heavy atom. The second-order valence-corrected chi connectivity index (χ2v) is 4.56. The van der Waals surface area contributed by atoms with Crippen LogP contribution in [0.4, 0.5) is 5.69 Å². The van der Waals surface area contributed by atoms with Gasteiger partial charge in [0.1, 0.15) is 0 Å². The van der Waals surface area contributed by atoms with Crippen molar-refractivity contribution in [1.29, 1.82) is 0 Å². The van der Waals surface area contributed by atoms with Crippen molar-refractivity contribution in [2.24, 2.45) is 10.7 Å². The van der Waals surface area contributed by atoms with Crippen LogP contribution in [0.1, 0.15) is 6.42 Å². The molecule has 1 heterocycles. The number of benzene rings is 1. The van der Waals surface area contributed by atoms with Crippen molar-refractivity contribution >= 4 is 23.0 Å². The van der Waals surface area contributed by atoms with E-state index in [2.05, 4.69) is 10.3 Å². The molecule has 96 valence electrons. The van der Waals surface area contributed by atoms with E-state index in [1.165, 1.54) is 0 Å². The standard InChI is InChI=1S/C13H16ClN3O/c14-9-1-3-10(4-2-9)17-13-7-16-6-5-11(13)12(15)8-18/h1-4,16,18H,5-8,15H2/b12-11-,17-13?. The maximum atomic E-state index is 9.13. The lowest BCUT2D eigenvalue weighted by molar-refractivity contribution is 0.328. The van der Waals surface area contributed by atoms with Gasteiger partial charge < -0.3 is 16.2 Å². The Morgan fingerprint density at radius 3 is 2.78 bits per heavy atom. The Morgan fingerprint density at radius 1 is 1.39 bits per heavy atom. The number of aliphatic hydroxyl groups excluding tert-OH is 1. The molecule has 4 nitrogen and oxygen atoms in total. The molecule has 5 heteroatoms. The van der Waals surface area contributed by atoms with Gasteiger partial charge in [0.25, 0.3) is 0 Å². The molecule has 0 amide bonds. The van der Waals surface area contributed by atoms with Crippen LogP contribution >= 0.6 is 11.6 Å². The third-order valence-electron chi connectivity index (χ3n) is 2.84. The van der Waals surface area contributed by atoms with Crippen LogP contribution in [-0.4, -0.2) is 30.5 Å². The predicted octanol–water partition coefficient (Wildman–Crippen LogP) is 1.61. The summed E-state index contributed by atoms with van der Waals surface area (Å²) in [6.07, 6.45) is 0.790. The summed E-state index contributed by atoms with van der Waals surface area (Å²) >= 11 is 5.83. The van der Waals surface area contributed by atoms with Gasteiger partial charge in [0.15, 0.2) is 0 Å². The zero-order valence-electron chi connectivity index (χ0n) is 9.99. The fourth-order valence-corrected chi connectivity index (χ4v) is 2.02. The third-order valence-corrected chi connectivity index (χ3v) is 3.09. The molecule has 1 aliphatic rings. The second-order valence-electron chi connectivity index (χ2n) is 4.12. The first kappa shape index (κ1) is 13.1. The summed E-state index contributed by atoms with van der Waals surface area (Å²) in [6, 6.07) is 7.32. The van der Waals surface area contributed by atoms with Crippen LogP contribution < -0.4 is 11.1 Å². The number of nitrogens with one attached hydrogen (secondary N) is 1. The van der Waals surface area contributed by atoms with Crippen molar-refractivity contribution in [3.63, 3.8) is 0 Å². The molecule has 0 spiro atoms. The summed E-state index contributed by atoms with van der Waals surface area (Å²) in [5.74, 6) is 0. The van der Waals surface area contributed by atoms with Crippen LogP contribution in [0, 0.1) is 0 Å². The maximum absolute atomic E-state index is 9.13. The normalized spacial score (nSPS) is 21.1. The Kier molecular flexibility index (Phi) is 4.36. The summed E-state index contributed by atoms with van der Waals surface area (Å²) in [6.45, 7) is 1.39. The number of piperidine rings is 1. The Hall–Kier alpha value is -1.36. The molecule has 4 N–H and O–H groups in total. The molecule has 0 aromatic heterocycles. The van der Waals surface area contributed by atoms with Crippen molar-refractivity contribution in [3.05, 3.63) is 40.6 Å². The minimum Gasteiger partial charge on any atom is -0.400 e. The first-order valence-corrected chi connectivity index (χ1v) is 6.21.